The predicted octanol–water partition coefficient (Wildman–Crippen LogP) is -1.67. The van der Waals surface area contributed by atoms with Crippen LogP contribution in [0.25, 0.3) is 10.9 Å². The fourth-order valence-corrected chi connectivity index (χ4v) is 10.3. The summed E-state index contributed by atoms with van der Waals surface area (Å²) in [6.45, 7) is 9.78. The molecule has 6 rings (SSSR count). The van der Waals surface area contributed by atoms with Gasteiger partial charge in [0.25, 0.3) is 0 Å². The number of carbonyl (C=O) groups excluding carboxylic acids is 10. The number of rotatable bonds is 32. The summed E-state index contributed by atoms with van der Waals surface area (Å²) in [7, 11) is 0. The van der Waals surface area contributed by atoms with E-state index in [-0.39, 0.29) is 93.9 Å². The lowest BCUT2D eigenvalue weighted by Crippen LogP contribution is -2.62. The lowest BCUT2D eigenvalue weighted by molar-refractivity contribution is -0.142. The second-order valence-corrected chi connectivity index (χ2v) is 23.6. The molecule has 484 valence electrons. The van der Waals surface area contributed by atoms with Crippen LogP contribution in [0.3, 0.4) is 0 Å². The van der Waals surface area contributed by atoms with Gasteiger partial charge in [-0.25, -0.2) is 4.98 Å². The van der Waals surface area contributed by atoms with Gasteiger partial charge in [0.1, 0.15) is 60.1 Å². The number of hydrogen-bond acceptors (Lipinski definition) is 15. The lowest BCUT2D eigenvalue weighted by atomic mass is 10.0. The van der Waals surface area contributed by atoms with E-state index in [1.54, 1.807) is 58.2 Å². The molecular weight excluding hydrogens is 1150 g/mol. The van der Waals surface area contributed by atoms with Gasteiger partial charge in [-0.2, -0.15) is 0 Å². The van der Waals surface area contributed by atoms with Gasteiger partial charge in [0, 0.05) is 74.3 Å². The standard InChI is InChI=1S/C60H86N16O13/c1-7-64-57(87)48-15-11-23-76(48)58(88)41(14-10-22-65-59(61)62)69-51(81)42(24-33(2)3)70-56(86)47(31-89-60(4,5)6)75-52(82)43(25-34-16-18-37(78)19-17-34)71-55(85)46(30-77)74-53(83)44(26-35-28-66-39-13-9-8-12-38(35)39)72-54(84)45(27-36-29-63-32-67-36)73-50(80)40-20-21-49(79)68-40/h8-9,12-13,16-19,28-29,32-33,40-48,66,77-78H,7,10-11,14-15,20-27,30-31H2,1-6H3,(H,63,67)(H,64,87)(H,68,79)(H,69,81)(H,70,86)(H,71,85)(H,72,84)(H,73,80)(H,74,83)(H,75,82)(H4,61,62,65)/t40-,41-,42-,43-,44-,45+,46-,47+,48-/m0/s1. The molecule has 89 heavy (non-hydrogen) atoms. The number of likely N-dealkylation sites (N-methyl/N-ethyl adjacent to an activating group) is 1. The minimum Gasteiger partial charge on any atom is -0.508 e. The topological polar surface area (TPSA) is 441 Å². The summed E-state index contributed by atoms with van der Waals surface area (Å²) in [4.78, 5) is 156. The Labute approximate surface area is 515 Å². The van der Waals surface area contributed by atoms with Gasteiger partial charge in [-0.05, 0) is 101 Å². The molecule has 0 bridgehead atoms. The molecule has 2 aliphatic rings. The van der Waals surface area contributed by atoms with Crippen molar-refractivity contribution in [3.63, 3.8) is 0 Å². The first-order chi connectivity index (χ1) is 42.3. The van der Waals surface area contributed by atoms with Crippen molar-refractivity contribution in [1.82, 2.24) is 67.7 Å². The van der Waals surface area contributed by atoms with E-state index in [0.29, 0.717) is 47.1 Å². The number of phenols is 1. The molecule has 2 aromatic carbocycles. The number of aliphatic hydroxyl groups is 1. The molecule has 0 unspecified atom stereocenters. The van der Waals surface area contributed by atoms with Gasteiger partial charge in [-0.15, -0.1) is 0 Å². The van der Waals surface area contributed by atoms with E-state index in [1.807, 2.05) is 13.8 Å². The van der Waals surface area contributed by atoms with Gasteiger partial charge in [0.2, 0.25) is 59.1 Å². The average Bonchev–Trinajstić information content (AvgIpc) is 2.55. The largest absolute Gasteiger partial charge is 0.508 e. The van der Waals surface area contributed by atoms with Crippen LogP contribution in [-0.4, -0.2) is 188 Å². The van der Waals surface area contributed by atoms with Crippen molar-refractivity contribution in [2.24, 2.45) is 22.4 Å². The van der Waals surface area contributed by atoms with Crippen LogP contribution in [0.15, 0.2) is 72.2 Å². The number of aromatic nitrogens is 3. The van der Waals surface area contributed by atoms with Gasteiger partial charge in [0.05, 0.1) is 25.1 Å². The second-order valence-electron chi connectivity index (χ2n) is 23.6. The zero-order chi connectivity index (χ0) is 65.0. The van der Waals surface area contributed by atoms with Gasteiger partial charge < -0.3 is 89.1 Å². The number of aromatic hydroxyl groups is 1. The molecule has 2 aromatic heterocycles. The number of aliphatic imine (C=N–C) groups is 1. The summed E-state index contributed by atoms with van der Waals surface area (Å²) in [5.41, 5.74) is 12.4. The van der Waals surface area contributed by atoms with Gasteiger partial charge in [0.15, 0.2) is 5.96 Å². The Morgan fingerprint density at radius 2 is 1.36 bits per heavy atom. The lowest BCUT2D eigenvalue weighted by Gasteiger charge is -2.31. The van der Waals surface area contributed by atoms with Gasteiger partial charge in [-0.1, -0.05) is 44.2 Å². The first kappa shape index (κ1) is 69.0. The third-order valence-corrected chi connectivity index (χ3v) is 14.9. The zero-order valence-corrected chi connectivity index (χ0v) is 51.1. The number of fused-ring (bicyclic) bond motifs is 1. The van der Waals surface area contributed by atoms with Crippen LogP contribution in [0, 0.1) is 5.92 Å². The number of aromatic amines is 2. The molecule has 10 amide bonds. The van der Waals surface area contributed by atoms with E-state index >= 15 is 0 Å². The van der Waals surface area contributed by atoms with E-state index in [0.717, 1.165) is 0 Å². The first-order valence-corrected chi connectivity index (χ1v) is 29.9. The molecule has 9 atom stereocenters. The Bertz CT molecular complexity index is 3120. The Hall–Kier alpha value is -9.12. The number of H-pyrrole nitrogens is 2. The molecule has 2 fully saturated rings. The van der Waals surface area contributed by atoms with Gasteiger partial charge >= 0.3 is 0 Å². The number of hydrogen-bond donors (Lipinski definition) is 15. The van der Waals surface area contributed by atoms with Crippen LogP contribution in [0.2, 0.25) is 0 Å². The van der Waals surface area contributed by atoms with Crippen molar-refractivity contribution in [1.29, 1.82) is 0 Å². The zero-order valence-electron chi connectivity index (χ0n) is 51.1. The molecule has 29 nitrogen and oxygen atoms in total. The number of ether oxygens (including phenoxy) is 1. The number of carbonyl (C=O) groups is 10. The second kappa shape index (κ2) is 32.7. The van der Waals surface area contributed by atoms with E-state index in [2.05, 4.69) is 67.8 Å². The highest BCUT2D eigenvalue weighted by Crippen LogP contribution is 2.22. The number of imidazole rings is 1. The first-order valence-electron chi connectivity index (χ1n) is 29.9. The molecule has 0 radical (unpaired) electrons. The normalized spacial score (nSPS) is 17.2. The van der Waals surface area contributed by atoms with E-state index in [4.69, 9.17) is 16.2 Å². The molecule has 4 aromatic rings. The summed E-state index contributed by atoms with van der Waals surface area (Å²) in [6, 6.07) is 1.02. The van der Waals surface area contributed by atoms with E-state index < -0.39 is 120 Å². The minimum absolute atomic E-state index is 0.0578. The molecule has 29 heteroatoms. The maximum Gasteiger partial charge on any atom is 0.245 e. The van der Waals surface area contributed by atoms with Crippen LogP contribution >= 0.6 is 0 Å². The van der Waals surface area contributed by atoms with Crippen LogP contribution in [0.5, 0.6) is 5.75 Å². The molecule has 2 aliphatic heterocycles. The Morgan fingerprint density at radius 3 is 1.98 bits per heavy atom. The SMILES string of the molecule is CCNC(=O)[C@@H]1CCCN1C(=O)[C@H](CCCN=C(N)N)NC(=O)[C@H](CC(C)C)NC(=O)[C@@H](COC(C)(C)C)NC(=O)[C@H](Cc1ccc(O)cc1)NC(=O)[C@H](CO)NC(=O)[C@H](Cc1c[nH]c2ccccc12)NC(=O)[C@@H](Cc1cnc[nH]1)NC(=O)[C@@H]1CCC(=O)N1. The van der Waals surface area contributed by atoms with Crippen molar-refractivity contribution in [3.05, 3.63) is 84.1 Å². The van der Waals surface area contributed by atoms with Crippen LogP contribution in [-0.2, 0) is 71.9 Å². The number of amides is 10. The van der Waals surface area contributed by atoms with E-state index in [1.165, 1.54) is 41.7 Å². The summed E-state index contributed by atoms with van der Waals surface area (Å²) in [5, 5.41) is 45.7. The summed E-state index contributed by atoms with van der Waals surface area (Å²) in [5.74, 6) is -7.72. The van der Waals surface area contributed by atoms with Crippen molar-refractivity contribution < 1.29 is 62.9 Å². The third-order valence-electron chi connectivity index (χ3n) is 14.9. The molecule has 17 N–H and O–H groups in total. The number of guanidine groups is 1. The molecule has 0 saturated carbocycles. The number of aliphatic hydroxyl groups excluding tert-OH is 1. The Balaban J connectivity index is 1.24. The summed E-state index contributed by atoms with van der Waals surface area (Å²) < 4.78 is 6.04. The van der Waals surface area contributed by atoms with Crippen molar-refractivity contribution in [3.8, 4) is 5.75 Å². The monoisotopic (exact) mass is 1240 g/mol. The Kier molecular flexibility index (Phi) is 25.4. The Morgan fingerprint density at radius 1 is 0.753 bits per heavy atom. The maximum atomic E-state index is 14.8. The number of benzene rings is 2. The van der Waals surface area contributed by atoms with Crippen molar-refractivity contribution >= 4 is 75.9 Å². The van der Waals surface area contributed by atoms with Crippen LogP contribution in [0.1, 0.15) is 103 Å². The molecular formula is C60H86N16O13. The van der Waals surface area contributed by atoms with Crippen LogP contribution in [0.4, 0.5) is 0 Å². The van der Waals surface area contributed by atoms with Crippen molar-refractivity contribution in [2.75, 3.05) is 32.8 Å². The predicted molar refractivity (Wildman–Crippen MR) is 326 cm³/mol. The number of nitrogens with zero attached hydrogens (tertiary/aromatic N) is 3. The molecule has 0 spiro atoms. The quantitative estimate of drug-likeness (QED) is 0.0148. The molecule has 2 saturated heterocycles. The maximum absolute atomic E-state index is 14.8. The fourth-order valence-electron chi connectivity index (χ4n) is 10.3. The summed E-state index contributed by atoms with van der Waals surface area (Å²) >= 11 is 0. The number of nitrogens with two attached hydrogens (primary N) is 2. The average molecular weight is 1240 g/mol. The fraction of sp³-hybridized carbons (Fsp3) is 0.533. The molecule has 4 heterocycles. The third kappa shape index (κ3) is 21.0. The number of phenolic OH excluding ortho intramolecular Hbond substituents is 1. The number of para-hydroxylation sites is 1. The summed E-state index contributed by atoms with van der Waals surface area (Å²) in [6.07, 6.45) is 5.56. The smallest absolute Gasteiger partial charge is 0.245 e. The van der Waals surface area contributed by atoms with Crippen LogP contribution < -0.4 is 59.3 Å². The molecule has 0 aliphatic carbocycles. The number of likely N-dealkylation sites (tertiary alicyclic amines) is 1. The van der Waals surface area contributed by atoms with E-state index in [9.17, 15) is 58.2 Å². The highest BCUT2D eigenvalue weighted by Gasteiger charge is 2.40. The minimum atomic E-state index is -1.78. The van der Waals surface area contributed by atoms with Gasteiger partial charge in [-0.3, -0.25) is 52.9 Å². The highest BCUT2D eigenvalue weighted by molar-refractivity contribution is 5.99. The van der Waals surface area contributed by atoms with Crippen molar-refractivity contribution in [2.45, 2.75) is 166 Å². The number of nitrogens with one attached hydrogen (secondary N) is 11. The highest BCUT2D eigenvalue weighted by atomic mass is 16.5.